The fraction of sp³-hybridized carbons (Fsp3) is 0.448. The summed E-state index contributed by atoms with van der Waals surface area (Å²) in [5.41, 5.74) is 11.9. The van der Waals surface area contributed by atoms with Gasteiger partial charge in [-0.3, -0.25) is 0 Å². The van der Waals surface area contributed by atoms with Crippen LogP contribution in [0.25, 0.3) is 0 Å². The molecule has 3 aromatic rings. The average molecular weight is 500 g/mol. The molecule has 37 heavy (non-hydrogen) atoms. The fourth-order valence-corrected chi connectivity index (χ4v) is 5.38. The second-order valence-electron chi connectivity index (χ2n) is 10.3. The Morgan fingerprint density at radius 1 is 0.892 bits per heavy atom. The van der Waals surface area contributed by atoms with E-state index in [2.05, 4.69) is 44.4 Å². The molecule has 0 spiro atoms. The van der Waals surface area contributed by atoms with E-state index in [1.54, 1.807) is 12.2 Å². The Morgan fingerprint density at radius 3 is 1.81 bits per heavy atom. The van der Waals surface area contributed by atoms with Crippen LogP contribution >= 0.6 is 0 Å². The second kappa shape index (κ2) is 10.7. The van der Waals surface area contributed by atoms with Gasteiger partial charge in [-0.2, -0.15) is 9.98 Å². The number of hydrogen-bond donors (Lipinski definition) is 1. The lowest BCUT2D eigenvalue weighted by Crippen LogP contribution is -2.37. The Hall–Kier alpha value is -3.70. The van der Waals surface area contributed by atoms with Crippen molar-refractivity contribution in [2.75, 3.05) is 0 Å². The molecule has 1 aliphatic carbocycles. The van der Waals surface area contributed by atoms with E-state index in [1.807, 2.05) is 46.8 Å². The lowest BCUT2D eigenvalue weighted by atomic mass is 9.68. The minimum absolute atomic E-state index is 0.0761. The van der Waals surface area contributed by atoms with Crippen LogP contribution in [0.1, 0.15) is 104 Å². The highest BCUT2D eigenvalue weighted by atomic mass is 16.4. The monoisotopic (exact) mass is 499 g/mol. The van der Waals surface area contributed by atoms with Crippen LogP contribution in [0, 0.1) is 0 Å². The van der Waals surface area contributed by atoms with Gasteiger partial charge in [0.1, 0.15) is 5.41 Å². The van der Waals surface area contributed by atoms with Gasteiger partial charge in [0.15, 0.2) is 0 Å². The zero-order valence-electron chi connectivity index (χ0n) is 22.0. The van der Waals surface area contributed by atoms with Gasteiger partial charge in [0.2, 0.25) is 23.9 Å². The maximum Gasteiger partial charge on any atom is 0.235 e. The van der Waals surface area contributed by atoms with Gasteiger partial charge in [-0.15, -0.1) is 10.2 Å². The Kier molecular flexibility index (Phi) is 7.65. The van der Waals surface area contributed by atoms with E-state index in [9.17, 15) is 9.59 Å². The number of aliphatic imine (C=N–C) groups is 2. The molecule has 2 unspecified atom stereocenters. The minimum atomic E-state index is -0.777. The van der Waals surface area contributed by atoms with Crippen LogP contribution in [0.2, 0.25) is 0 Å². The highest BCUT2D eigenvalue weighted by Gasteiger charge is 2.46. The highest BCUT2D eigenvalue weighted by molar-refractivity contribution is 5.56. The smallest absolute Gasteiger partial charge is 0.235 e. The number of aromatic nitrogens is 2. The maximum atomic E-state index is 10.9. The zero-order valence-corrected chi connectivity index (χ0v) is 22.0. The van der Waals surface area contributed by atoms with E-state index in [0.717, 1.165) is 46.2 Å². The van der Waals surface area contributed by atoms with Crippen molar-refractivity contribution < 1.29 is 14.0 Å². The van der Waals surface area contributed by atoms with Crippen molar-refractivity contribution in [2.24, 2.45) is 15.7 Å². The number of aryl methyl sites for hydroxylation is 2. The molecule has 0 radical (unpaired) electrons. The van der Waals surface area contributed by atoms with Crippen molar-refractivity contribution in [1.82, 2.24) is 10.2 Å². The van der Waals surface area contributed by atoms with Crippen molar-refractivity contribution in [1.29, 1.82) is 0 Å². The first kappa shape index (κ1) is 26.4. The Morgan fingerprint density at radius 2 is 1.41 bits per heavy atom. The minimum Gasteiger partial charge on any atom is -0.424 e. The molecule has 1 aromatic heterocycles. The van der Waals surface area contributed by atoms with Gasteiger partial charge >= 0.3 is 0 Å². The van der Waals surface area contributed by atoms with Crippen molar-refractivity contribution in [2.45, 2.75) is 83.3 Å². The van der Waals surface area contributed by atoms with Crippen molar-refractivity contribution in [3.05, 3.63) is 81.6 Å². The molecular weight excluding hydrogens is 466 g/mol. The van der Waals surface area contributed by atoms with E-state index in [-0.39, 0.29) is 24.0 Å². The summed E-state index contributed by atoms with van der Waals surface area (Å²) >= 11 is 0. The molecule has 0 amide bonds. The Bertz CT molecular complexity index is 1300. The summed E-state index contributed by atoms with van der Waals surface area (Å²) in [5.74, 6) is 1.16. The van der Waals surface area contributed by atoms with Crippen LogP contribution in [0.4, 0.5) is 0 Å². The first-order valence-corrected chi connectivity index (χ1v) is 12.7. The van der Waals surface area contributed by atoms with Crippen molar-refractivity contribution in [3.63, 3.8) is 0 Å². The zero-order chi connectivity index (χ0) is 26.7. The van der Waals surface area contributed by atoms with Crippen molar-refractivity contribution in [3.8, 4) is 0 Å². The number of rotatable bonds is 8. The van der Waals surface area contributed by atoms with E-state index >= 15 is 0 Å². The van der Waals surface area contributed by atoms with Crippen LogP contribution < -0.4 is 5.73 Å². The van der Waals surface area contributed by atoms with Gasteiger partial charge in [-0.1, -0.05) is 50.2 Å². The molecule has 192 valence electrons. The first-order chi connectivity index (χ1) is 17.7. The van der Waals surface area contributed by atoms with E-state index in [1.165, 1.54) is 0 Å². The van der Waals surface area contributed by atoms with Gasteiger partial charge in [0.05, 0.1) is 12.1 Å². The van der Waals surface area contributed by atoms with Crippen molar-refractivity contribution >= 4 is 12.2 Å². The summed E-state index contributed by atoms with van der Waals surface area (Å²) in [6.07, 6.45) is 5.41. The Labute approximate surface area is 217 Å². The summed E-state index contributed by atoms with van der Waals surface area (Å²) in [6, 6.07) is 11.6. The number of hydrogen-bond acceptors (Lipinski definition) is 8. The van der Waals surface area contributed by atoms with Crippen LogP contribution in [0.15, 0.2) is 50.8 Å². The maximum absolute atomic E-state index is 10.9. The molecule has 0 bridgehead atoms. The predicted octanol–water partition coefficient (Wildman–Crippen LogP) is 5.16. The third-order valence-electron chi connectivity index (χ3n) is 7.23. The van der Waals surface area contributed by atoms with Crippen LogP contribution in [0.5, 0.6) is 0 Å². The largest absolute Gasteiger partial charge is 0.424 e. The lowest BCUT2D eigenvalue weighted by Gasteiger charge is -2.35. The summed E-state index contributed by atoms with van der Waals surface area (Å²) in [4.78, 5) is 29.7. The molecule has 4 rings (SSSR count). The SMILES string of the molecule is CC(C)c1nnc(C2(C[C@H](C)N)c3ccc(C(C)N=C=O)cc3CCc3cc(C(C)N=C=O)ccc32)o1. The number of isocyanates is 2. The summed E-state index contributed by atoms with van der Waals surface area (Å²) in [6.45, 7) is 9.78. The van der Waals surface area contributed by atoms with Crippen LogP contribution in [-0.4, -0.2) is 28.4 Å². The molecule has 2 aromatic carbocycles. The van der Waals surface area contributed by atoms with Gasteiger partial charge in [0.25, 0.3) is 0 Å². The quantitative estimate of drug-likeness (QED) is 0.337. The molecule has 0 saturated heterocycles. The number of nitrogens with two attached hydrogens (primary N) is 1. The van der Waals surface area contributed by atoms with Crippen LogP contribution in [-0.2, 0) is 27.8 Å². The number of carbonyl (C=O) groups excluding carboxylic acids is 2. The normalized spacial score (nSPS) is 19.0. The number of fused-ring (bicyclic) bond motifs is 2. The number of nitrogens with zero attached hydrogens (tertiary/aromatic N) is 4. The van der Waals surface area contributed by atoms with Gasteiger partial charge in [-0.05, 0) is 73.4 Å². The topological polar surface area (TPSA) is 124 Å². The molecular formula is C29H33N5O3. The Balaban J connectivity index is 2.04. The van der Waals surface area contributed by atoms with Gasteiger partial charge < -0.3 is 10.2 Å². The molecule has 1 aliphatic rings. The second-order valence-corrected chi connectivity index (χ2v) is 10.3. The molecule has 0 aliphatic heterocycles. The molecule has 8 nitrogen and oxygen atoms in total. The van der Waals surface area contributed by atoms with E-state index in [4.69, 9.17) is 10.2 Å². The first-order valence-electron chi connectivity index (χ1n) is 12.7. The predicted molar refractivity (Wildman–Crippen MR) is 140 cm³/mol. The summed E-state index contributed by atoms with van der Waals surface area (Å²) < 4.78 is 6.37. The third-order valence-corrected chi connectivity index (χ3v) is 7.23. The molecule has 0 saturated carbocycles. The highest BCUT2D eigenvalue weighted by Crippen LogP contribution is 2.48. The number of benzene rings is 2. The van der Waals surface area contributed by atoms with Crippen LogP contribution in [0.3, 0.4) is 0 Å². The third kappa shape index (κ3) is 4.96. The summed E-state index contributed by atoms with van der Waals surface area (Å²) in [5, 5.41) is 8.97. The molecule has 0 fully saturated rings. The average Bonchev–Trinajstić information content (AvgIpc) is 3.33. The van der Waals surface area contributed by atoms with E-state index < -0.39 is 5.41 Å². The van der Waals surface area contributed by atoms with E-state index in [0.29, 0.717) is 18.2 Å². The molecule has 3 atom stereocenters. The van der Waals surface area contributed by atoms with Gasteiger partial charge in [0, 0.05) is 12.0 Å². The molecule has 2 N–H and O–H groups in total. The van der Waals surface area contributed by atoms with Gasteiger partial charge in [-0.25, -0.2) is 9.59 Å². The lowest BCUT2D eigenvalue weighted by molar-refractivity contribution is 0.352. The standard InChI is InChI=1S/C29H33N5O3/c1-17(2)27-33-34-28(37-27)29(14-18(3)30)25-10-8-21(19(4)31-15-35)12-23(25)6-7-24-13-22(9-11-26(24)29)20(5)32-16-36/h8-13,17-20H,6-7,14,30H2,1-5H3/t18-,19?,20?,29?/m0/s1. The molecule has 1 heterocycles. The molecule has 8 heteroatoms. The summed E-state index contributed by atoms with van der Waals surface area (Å²) in [7, 11) is 0. The fourth-order valence-electron chi connectivity index (χ4n) is 5.38.